The fourth-order valence-corrected chi connectivity index (χ4v) is 6.82. The number of nitrogens with zero attached hydrogens (tertiary/aromatic N) is 3. The molecule has 4 N–H and O–H groups in total. The lowest BCUT2D eigenvalue weighted by atomic mass is 9.73. The predicted octanol–water partition coefficient (Wildman–Crippen LogP) is 10.0. The lowest BCUT2D eigenvalue weighted by Crippen LogP contribution is -2.30. The second kappa shape index (κ2) is 11.1. The van der Waals surface area contributed by atoms with E-state index in [1.165, 1.54) is 22.5 Å². The minimum Gasteiger partial charge on any atom is -0.453 e. The zero-order valence-electron chi connectivity index (χ0n) is 26.3. The molecule has 0 spiro atoms. The fraction of sp³-hybridized carbons (Fsp3) is 0.0732. The van der Waals surface area contributed by atoms with Crippen LogP contribution in [0.4, 0.5) is 39.8 Å². The molecule has 6 aromatic rings. The number of rotatable bonds is 5. The molecule has 6 heteroatoms. The first-order chi connectivity index (χ1) is 22.9. The number of ether oxygens (including phenoxy) is 1. The van der Waals surface area contributed by atoms with Crippen LogP contribution in [0.5, 0.6) is 11.5 Å². The van der Waals surface area contributed by atoms with E-state index in [9.17, 15) is 0 Å². The lowest BCUT2D eigenvalue weighted by Gasteiger charge is -2.42. The number of hydrogen-bond donors (Lipinski definition) is 2. The normalized spacial score (nSPS) is 14.3. The summed E-state index contributed by atoms with van der Waals surface area (Å²) in [6.45, 7) is 4.59. The van der Waals surface area contributed by atoms with Gasteiger partial charge in [0.2, 0.25) is 0 Å². The van der Waals surface area contributed by atoms with Crippen molar-refractivity contribution in [2.75, 3.05) is 14.8 Å². The van der Waals surface area contributed by atoms with Crippen molar-refractivity contribution in [2.24, 2.45) is 11.6 Å². The Balaban J connectivity index is 1.09. The van der Waals surface area contributed by atoms with Gasteiger partial charge in [-0.25, -0.2) is 5.84 Å². The van der Waals surface area contributed by atoms with E-state index in [4.69, 9.17) is 16.3 Å². The van der Waals surface area contributed by atoms with Gasteiger partial charge in [-0.3, -0.25) is 5.01 Å². The van der Waals surface area contributed by atoms with Crippen LogP contribution in [0.3, 0.4) is 0 Å². The number of hydrazine groups is 1. The van der Waals surface area contributed by atoms with Crippen molar-refractivity contribution < 1.29 is 4.74 Å². The Kier molecular flexibility index (Phi) is 6.74. The molecule has 8 rings (SSSR count). The van der Waals surface area contributed by atoms with E-state index in [-0.39, 0.29) is 5.41 Å². The van der Waals surface area contributed by atoms with Crippen molar-refractivity contribution in [3.05, 3.63) is 168 Å². The van der Waals surface area contributed by atoms with Crippen LogP contribution in [0.1, 0.15) is 30.5 Å². The highest BCUT2D eigenvalue weighted by Crippen LogP contribution is 2.52. The minimum absolute atomic E-state index is 0.104. The summed E-state index contributed by atoms with van der Waals surface area (Å²) in [7, 11) is 0. The van der Waals surface area contributed by atoms with Crippen molar-refractivity contribution in [3.63, 3.8) is 0 Å². The third-order valence-electron chi connectivity index (χ3n) is 9.19. The van der Waals surface area contributed by atoms with Crippen LogP contribution >= 0.6 is 0 Å². The number of nitrogens with two attached hydrogens (primary N) is 2. The number of benzene rings is 6. The molecule has 0 unspecified atom stereocenters. The first-order valence-electron chi connectivity index (χ1n) is 15.8. The van der Waals surface area contributed by atoms with Crippen LogP contribution in [-0.2, 0) is 5.41 Å². The van der Waals surface area contributed by atoms with Gasteiger partial charge in [0.1, 0.15) is 0 Å². The van der Waals surface area contributed by atoms with Crippen molar-refractivity contribution in [2.45, 2.75) is 19.3 Å². The zero-order chi connectivity index (χ0) is 32.1. The quantitative estimate of drug-likeness (QED) is 0.149. The van der Waals surface area contributed by atoms with E-state index in [2.05, 4.69) is 121 Å². The second-order valence-electron chi connectivity index (χ2n) is 12.4. The molecular formula is C41H35N5O. The second-order valence-corrected chi connectivity index (χ2v) is 12.4. The Bertz CT molecular complexity index is 2060. The number of para-hydroxylation sites is 6. The van der Waals surface area contributed by atoms with Crippen molar-refractivity contribution in [3.8, 4) is 11.5 Å². The molecule has 6 nitrogen and oxygen atoms in total. The molecule has 0 fully saturated rings. The summed E-state index contributed by atoms with van der Waals surface area (Å²) in [4.78, 5) is 4.53. The van der Waals surface area contributed by atoms with Crippen molar-refractivity contribution in [1.82, 2.24) is 0 Å². The largest absolute Gasteiger partial charge is 0.453 e. The number of hydrogen-bond acceptors (Lipinski definition) is 6. The lowest BCUT2D eigenvalue weighted by molar-refractivity contribution is 0.477. The molecule has 47 heavy (non-hydrogen) atoms. The summed E-state index contributed by atoms with van der Waals surface area (Å²) >= 11 is 0. The van der Waals surface area contributed by atoms with E-state index in [1.54, 1.807) is 11.2 Å². The van der Waals surface area contributed by atoms with Crippen molar-refractivity contribution >= 4 is 45.5 Å². The van der Waals surface area contributed by atoms with Gasteiger partial charge in [-0.2, -0.15) is 0 Å². The van der Waals surface area contributed by atoms with E-state index >= 15 is 0 Å². The fourth-order valence-electron chi connectivity index (χ4n) is 6.82. The van der Waals surface area contributed by atoms with E-state index in [0.29, 0.717) is 5.70 Å². The van der Waals surface area contributed by atoms with Crippen molar-refractivity contribution in [1.29, 1.82) is 0 Å². The van der Waals surface area contributed by atoms with Crippen LogP contribution in [0.2, 0.25) is 0 Å². The molecule has 6 aromatic carbocycles. The van der Waals surface area contributed by atoms with Crippen LogP contribution in [-0.4, -0.2) is 0 Å². The molecule has 230 valence electrons. The van der Waals surface area contributed by atoms with Crippen LogP contribution < -0.4 is 31.1 Å². The summed E-state index contributed by atoms with van der Waals surface area (Å²) in [6, 6.07) is 49.8. The maximum absolute atomic E-state index is 6.66. The molecule has 2 heterocycles. The van der Waals surface area contributed by atoms with Gasteiger partial charge in [-0.15, -0.1) is 0 Å². The summed E-state index contributed by atoms with van der Waals surface area (Å²) in [6.07, 6.45) is 1.77. The molecule has 0 saturated heterocycles. The third kappa shape index (κ3) is 4.78. The van der Waals surface area contributed by atoms with Gasteiger partial charge in [-0.05, 0) is 83.4 Å². The van der Waals surface area contributed by atoms with Crippen LogP contribution in [0, 0.1) is 0 Å². The Morgan fingerprint density at radius 1 is 0.596 bits per heavy atom. The Labute approximate surface area is 275 Å². The molecule has 2 aliphatic rings. The average Bonchev–Trinajstić information content (AvgIpc) is 3.11. The Hall–Kier alpha value is -5.98. The number of fused-ring (bicyclic) bond motifs is 4. The molecule has 0 saturated carbocycles. The average molecular weight is 614 g/mol. The van der Waals surface area contributed by atoms with Gasteiger partial charge >= 0.3 is 0 Å². The molecular weight excluding hydrogens is 578 g/mol. The molecule has 0 bridgehead atoms. The van der Waals surface area contributed by atoms with Gasteiger partial charge in [0.05, 0.1) is 34.1 Å². The molecule has 0 radical (unpaired) electrons. The molecule has 2 aliphatic heterocycles. The highest BCUT2D eigenvalue weighted by Gasteiger charge is 2.36. The topological polar surface area (TPSA) is 71.0 Å². The smallest absolute Gasteiger partial charge is 0.151 e. The number of anilines is 7. The Morgan fingerprint density at radius 2 is 1.11 bits per heavy atom. The first kappa shape index (κ1) is 28.5. The van der Waals surface area contributed by atoms with E-state index in [1.807, 2.05) is 48.5 Å². The maximum Gasteiger partial charge on any atom is 0.151 e. The van der Waals surface area contributed by atoms with Crippen LogP contribution in [0.25, 0.3) is 5.70 Å². The maximum atomic E-state index is 6.66. The highest BCUT2D eigenvalue weighted by molar-refractivity contribution is 5.88. The SMILES string of the molecule is CC1(C)c2ccccc2N(c2ccc(/C(N)=C/N(N)c3cccc(N4c5ccccc5Oc5ccccc54)c3)cc2)c2ccccc21. The van der Waals surface area contributed by atoms with E-state index in [0.717, 1.165) is 45.5 Å². The monoisotopic (exact) mass is 613 g/mol. The summed E-state index contributed by atoms with van der Waals surface area (Å²) in [5, 5.41) is 1.57. The van der Waals surface area contributed by atoms with Gasteiger partial charge in [0.25, 0.3) is 0 Å². The molecule has 0 aliphatic carbocycles. The standard InChI is InChI=1S/C41H35N5O/c1-41(2)32-14-3-5-16-35(32)45(36-17-6-4-15-33(36)41)29-24-22-28(23-25-29)34(42)27-44(43)30-12-11-13-31(26-30)46-37-18-7-9-20-39(37)47-40-21-10-8-19-38(40)46/h3-27H,42-43H2,1-2H3/b34-27-. The predicted molar refractivity (Wildman–Crippen MR) is 193 cm³/mol. The third-order valence-corrected chi connectivity index (χ3v) is 9.19. The molecule has 0 atom stereocenters. The summed E-state index contributed by atoms with van der Waals surface area (Å²) in [5.74, 6) is 8.22. The summed E-state index contributed by atoms with van der Waals surface area (Å²) < 4.78 is 6.19. The van der Waals surface area contributed by atoms with Crippen LogP contribution in [0.15, 0.2) is 152 Å². The molecule has 0 amide bonds. The minimum atomic E-state index is -0.104. The zero-order valence-corrected chi connectivity index (χ0v) is 26.3. The highest BCUT2D eigenvalue weighted by atomic mass is 16.5. The first-order valence-corrected chi connectivity index (χ1v) is 15.8. The molecule has 0 aromatic heterocycles. The van der Waals surface area contributed by atoms with Gasteiger partial charge < -0.3 is 20.3 Å². The van der Waals surface area contributed by atoms with Gasteiger partial charge in [0, 0.05) is 23.0 Å². The Morgan fingerprint density at radius 3 is 1.70 bits per heavy atom. The summed E-state index contributed by atoms with van der Waals surface area (Å²) in [5.41, 5.74) is 17.7. The van der Waals surface area contributed by atoms with Gasteiger partial charge in [0.15, 0.2) is 11.5 Å². The van der Waals surface area contributed by atoms with E-state index < -0.39 is 0 Å². The van der Waals surface area contributed by atoms with Gasteiger partial charge in [-0.1, -0.05) is 92.7 Å².